The summed E-state index contributed by atoms with van der Waals surface area (Å²) in [5.74, 6) is -2.46. The molecule has 2 aliphatic rings. The fourth-order valence-electron chi connectivity index (χ4n) is 1.88. The summed E-state index contributed by atoms with van der Waals surface area (Å²) in [7, 11) is 1.82. The maximum atomic E-state index is 13.0. The maximum Gasteiger partial charge on any atom is 0.257 e. The first-order chi connectivity index (χ1) is 6.10. The molecule has 1 saturated heterocycles. The molecule has 0 radical (unpaired) electrons. The highest BCUT2D eigenvalue weighted by Gasteiger charge is 2.70. The van der Waals surface area contributed by atoms with Crippen molar-refractivity contribution >= 4 is 0 Å². The Balaban J connectivity index is 1.96. The van der Waals surface area contributed by atoms with Crippen LogP contribution in [0.5, 0.6) is 0 Å². The molecule has 76 valence electrons. The Bertz CT molecular complexity index is 210. The molecule has 2 rings (SSSR count). The fraction of sp³-hybridized carbons (Fsp3) is 1.00. The fourth-order valence-corrected chi connectivity index (χ4v) is 1.88. The van der Waals surface area contributed by atoms with Crippen LogP contribution in [0.4, 0.5) is 8.78 Å². The van der Waals surface area contributed by atoms with E-state index in [2.05, 4.69) is 16.0 Å². The van der Waals surface area contributed by atoms with Gasteiger partial charge < -0.3 is 16.0 Å². The molecule has 1 aliphatic heterocycles. The number of hydrogen-bond acceptors (Lipinski definition) is 3. The molecule has 1 spiro atoms. The van der Waals surface area contributed by atoms with E-state index in [1.807, 2.05) is 7.05 Å². The standard InChI is InChI=1S/C8H15F2N3/c1-11-6-2-12-4-7(5-13-6)3-8(7,9)10/h6,11-13H,2-5H2,1H3. The van der Waals surface area contributed by atoms with Gasteiger partial charge in [0.15, 0.2) is 0 Å². The minimum absolute atomic E-state index is 0.0242. The molecule has 3 nitrogen and oxygen atoms in total. The highest BCUT2D eigenvalue weighted by Crippen LogP contribution is 2.59. The van der Waals surface area contributed by atoms with E-state index in [1.54, 1.807) is 0 Å². The first kappa shape index (κ1) is 9.30. The first-order valence-corrected chi connectivity index (χ1v) is 4.59. The summed E-state index contributed by atoms with van der Waals surface area (Å²) in [4.78, 5) is 0. The number of hydrogen-bond donors (Lipinski definition) is 3. The Morgan fingerprint density at radius 1 is 1.38 bits per heavy atom. The zero-order valence-electron chi connectivity index (χ0n) is 7.66. The second-order valence-corrected chi connectivity index (χ2v) is 4.01. The van der Waals surface area contributed by atoms with E-state index in [4.69, 9.17) is 0 Å². The van der Waals surface area contributed by atoms with Crippen molar-refractivity contribution in [2.75, 3.05) is 26.7 Å². The Morgan fingerprint density at radius 2 is 2.08 bits per heavy atom. The monoisotopic (exact) mass is 191 g/mol. The van der Waals surface area contributed by atoms with Gasteiger partial charge in [0.05, 0.1) is 11.6 Å². The van der Waals surface area contributed by atoms with E-state index < -0.39 is 11.3 Å². The smallest absolute Gasteiger partial charge is 0.257 e. The summed E-state index contributed by atoms with van der Waals surface area (Å²) in [6, 6.07) is 0. The molecule has 0 aromatic heterocycles. The Morgan fingerprint density at radius 3 is 2.62 bits per heavy atom. The number of alkyl halides is 2. The van der Waals surface area contributed by atoms with E-state index in [1.165, 1.54) is 0 Å². The van der Waals surface area contributed by atoms with Crippen LogP contribution in [0.2, 0.25) is 0 Å². The van der Waals surface area contributed by atoms with Crippen LogP contribution in [0.1, 0.15) is 6.42 Å². The van der Waals surface area contributed by atoms with Crippen LogP contribution >= 0.6 is 0 Å². The molecule has 1 aliphatic carbocycles. The lowest BCUT2D eigenvalue weighted by Gasteiger charge is -2.15. The molecular weight excluding hydrogens is 176 g/mol. The van der Waals surface area contributed by atoms with Crippen molar-refractivity contribution in [1.29, 1.82) is 0 Å². The van der Waals surface area contributed by atoms with Gasteiger partial charge in [-0.3, -0.25) is 0 Å². The minimum Gasteiger partial charge on any atom is -0.313 e. The van der Waals surface area contributed by atoms with Crippen molar-refractivity contribution in [3.05, 3.63) is 0 Å². The van der Waals surface area contributed by atoms with Crippen molar-refractivity contribution in [1.82, 2.24) is 16.0 Å². The topological polar surface area (TPSA) is 36.1 Å². The van der Waals surface area contributed by atoms with Crippen LogP contribution in [-0.2, 0) is 0 Å². The lowest BCUT2D eigenvalue weighted by Crippen LogP contribution is -2.45. The third kappa shape index (κ3) is 1.45. The predicted octanol–water partition coefficient (Wildman–Crippen LogP) is -0.250. The van der Waals surface area contributed by atoms with Gasteiger partial charge in [-0.15, -0.1) is 0 Å². The van der Waals surface area contributed by atoms with E-state index in [-0.39, 0.29) is 12.6 Å². The molecular formula is C8H15F2N3. The average Bonchev–Trinajstić information content (AvgIpc) is 2.68. The second-order valence-electron chi connectivity index (χ2n) is 4.01. The molecule has 3 N–H and O–H groups in total. The lowest BCUT2D eigenvalue weighted by atomic mass is 10.1. The van der Waals surface area contributed by atoms with Gasteiger partial charge >= 0.3 is 0 Å². The SMILES string of the molecule is CNC1CNCC2(CN1)CC2(F)F. The number of rotatable bonds is 1. The molecule has 0 aromatic carbocycles. The molecule has 0 amide bonds. The van der Waals surface area contributed by atoms with Gasteiger partial charge in [-0.05, 0) is 7.05 Å². The van der Waals surface area contributed by atoms with Gasteiger partial charge in [-0.2, -0.15) is 0 Å². The molecule has 1 saturated carbocycles. The Hall–Kier alpha value is -0.260. The predicted molar refractivity (Wildman–Crippen MR) is 45.7 cm³/mol. The molecule has 0 bridgehead atoms. The zero-order chi connectivity index (χ0) is 9.53. The third-order valence-electron chi connectivity index (χ3n) is 3.06. The summed E-state index contributed by atoms with van der Waals surface area (Å²) in [5, 5.41) is 9.16. The Kier molecular flexibility index (Phi) is 2.05. The highest BCUT2D eigenvalue weighted by molar-refractivity contribution is 5.13. The van der Waals surface area contributed by atoms with Crippen LogP contribution in [0.25, 0.3) is 0 Å². The summed E-state index contributed by atoms with van der Waals surface area (Å²) in [6.07, 6.45) is 0.131. The van der Waals surface area contributed by atoms with Crippen molar-refractivity contribution in [3.63, 3.8) is 0 Å². The number of nitrogens with one attached hydrogen (secondary N) is 3. The van der Waals surface area contributed by atoms with Gasteiger partial charge in [0, 0.05) is 26.1 Å². The first-order valence-electron chi connectivity index (χ1n) is 4.59. The van der Waals surface area contributed by atoms with E-state index in [0.29, 0.717) is 19.6 Å². The van der Waals surface area contributed by atoms with Gasteiger partial charge in [-0.25, -0.2) is 8.78 Å². The zero-order valence-corrected chi connectivity index (χ0v) is 7.66. The van der Waals surface area contributed by atoms with Gasteiger partial charge in [0.2, 0.25) is 0 Å². The van der Waals surface area contributed by atoms with Gasteiger partial charge in [0.25, 0.3) is 5.92 Å². The van der Waals surface area contributed by atoms with Crippen molar-refractivity contribution in [2.24, 2.45) is 5.41 Å². The summed E-state index contributed by atoms with van der Waals surface area (Å²) in [5.41, 5.74) is -0.807. The molecule has 2 unspecified atom stereocenters. The quantitative estimate of drug-likeness (QED) is 0.535. The minimum atomic E-state index is -2.46. The van der Waals surface area contributed by atoms with Crippen molar-refractivity contribution < 1.29 is 8.78 Å². The van der Waals surface area contributed by atoms with E-state index in [9.17, 15) is 8.78 Å². The van der Waals surface area contributed by atoms with Gasteiger partial charge in [0.1, 0.15) is 0 Å². The molecule has 5 heteroatoms. The molecule has 13 heavy (non-hydrogen) atoms. The summed E-state index contributed by atoms with van der Waals surface area (Å²) in [6.45, 7) is 1.53. The normalized spacial score (nSPS) is 43.2. The van der Waals surface area contributed by atoms with Crippen LogP contribution in [-0.4, -0.2) is 38.8 Å². The molecule has 0 aromatic rings. The van der Waals surface area contributed by atoms with Crippen molar-refractivity contribution in [2.45, 2.75) is 18.5 Å². The van der Waals surface area contributed by atoms with Crippen LogP contribution in [0.15, 0.2) is 0 Å². The highest BCUT2D eigenvalue weighted by atomic mass is 19.3. The summed E-state index contributed by atoms with van der Waals surface area (Å²) >= 11 is 0. The van der Waals surface area contributed by atoms with Crippen LogP contribution < -0.4 is 16.0 Å². The van der Waals surface area contributed by atoms with Gasteiger partial charge in [-0.1, -0.05) is 0 Å². The maximum absolute atomic E-state index is 13.0. The molecule has 2 fully saturated rings. The van der Waals surface area contributed by atoms with E-state index >= 15 is 0 Å². The second kappa shape index (κ2) is 2.87. The van der Waals surface area contributed by atoms with Crippen LogP contribution in [0, 0.1) is 5.41 Å². The summed E-state index contributed by atoms with van der Waals surface area (Å²) < 4.78 is 26.0. The van der Waals surface area contributed by atoms with Crippen LogP contribution in [0.3, 0.4) is 0 Å². The van der Waals surface area contributed by atoms with Crippen molar-refractivity contribution in [3.8, 4) is 0 Å². The average molecular weight is 191 g/mol. The third-order valence-corrected chi connectivity index (χ3v) is 3.06. The number of likely N-dealkylation sites (N-methyl/N-ethyl adjacent to an activating group) is 1. The largest absolute Gasteiger partial charge is 0.313 e. The molecule has 2 atom stereocenters. The number of halogens is 2. The van der Waals surface area contributed by atoms with E-state index in [0.717, 1.165) is 0 Å². The molecule has 1 heterocycles. The lowest BCUT2D eigenvalue weighted by molar-refractivity contribution is 0.0655. The Labute approximate surface area is 76.3 Å².